The molecule has 0 aromatic heterocycles. The van der Waals surface area contributed by atoms with Crippen molar-refractivity contribution in [3.05, 3.63) is 53.6 Å². The monoisotopic (exact) mass is 412 g/mol. The second-order valence-corrected chi connectivity index (χ2v) is 6.74. The Morgan fingerprint density at radius 1 is 1.07 bits per heavy atom. The van der Waals surface area contributed by atoms with Crippen LogP contribution >= 0.6 is 0 Å². The Morgan fingerprint density at radius 2 is 1.80 bits per heavy atom. The molecule has 2 aromatic carbocycles. The standard InChI is InChI=1S/C22H24N2O6/c1-3-15-6-4-5-7-17(15)23-20(25)13-24(2)21(26)14-30-22(27)16-8-9-18-19(12-16)29-11-10-28-18/h4-9,12H,3,10-11,13-14H2,1-2H3,(H,23,25). The van der Waals surface area contributed by atoms with Gasteiger partial charge in [0.15, 0.2) is 18.1 Å². The van der Waals surface area contributed by atoms with Crippen LogP contribution in [0.1, 0.15) is 22.8 Å². The maximum Gasteiger partial charge on any atom is 0.338 e. The highest BCUT2D eigenvalue weighted by atomic mass is 16.6. The van der Waals surface area contributed by atoms with Crippen molar-refractivity contribution in [2.24, 2.45) is 0 Å². The molecule has 30 heavy (non-hydrogen) atoms. The van der Waals surface area contributed by atoms with Crippen LogP contribution in [-0.2, 0) is 20.7 Å². The molecule has 2 amide bonds. The summed E-state index contributed by atoms with van der Waals surface area (Å²) in [6.45, 7) is 2.23. The summed E-state index contributed by atoms with van der Waals surface area (Å²) in [6, 6.07) is 12.2. The van der Waals surface area contributed by atoms with Crippen LogP contribution < -0.4 is 14.8 Å². The summed E-state index contributed by atoms with van der Waals surface area (Å²) < 4.78 is 15.9. The Balaban J connectivity index is 1.49. The molecule has 0 atom stereocenters. The van der Waals surface area contributed by atoms with Gasteiger partial charge >= 0.3 is 5.97 Å². The number of hydrogen-bond donors (Lipinski definition) is 1. The zero-order valence-electron chi connectivity index (χ0n) is 17.0. The van der Waals surface area contributed by atoms with Gasteiger partial charge in [-0.3, -0.25) is 9.59 Å². The molecule has 0 bridgehead atoms. The van der Waals surface area contributed by atoms with Gasteiger partial charge in [-0.25, -0.2) is 4.79 Å². The van der Waals surface area contributed by atoms with E-state index < -0.39 is 18.5 Å². The first-order valence-corrected chi connectivity index (χ1v) is 9.66. The zero-order chi connectivity index (χ0) is 21.5. The topological polar surface area (TPSA) is 94.2 Å². The van der Waals surface area contributed by atoms with Gasteiger partial charge in [-0.05, 0) is 36.2 Å². The number of carbonyl (C=O) groups excluding carboxylic acids is 3. The number of benzene rings is 2. The van der Waals surface area contributed by atoms with Crippen LogP contribution in [0.25, 0.3) is 0 Å². The van der Waals surface area contributed by atoms with Gasteiger partial charge in [0.05, 0.1) is 12.1 Å². The second-order valence-electron chi connectivity index (χ2n) is 6.74. The number of nitrogens with one attached hydrogen (secondary N) is 1. The van der Waals surface area contributed by atoms with Crippen LogP contribution in [-0.4, -0.2) is 56.1 Å². The molecule has 3 rings (SSSR count). The summed E-state index contributed by atoms with van der Waals surface area (Å²) in [5.74, 6) is -0.452. The number of para-hydroxylation sites is 1. The van der Waals surface area contributed by atoms with E-state index in [-0.39, 0.29) is 18.0 Å². The quantitative estimate of drug-likeness (QED) is 0.701. The fourth-order valence-corrected chi connectivity index (χ4v) is 2.94. The van der Waals surface area contributed by atoms with E-state index in [9.17, 15) is 14.4 Å². The fourth-order valence-electron chi connectivity index (χ4n) is 2.94. The number of hydrogen-bond acceptors (Lipinski definition) is 6. The maximum atomic E-state index is 12.3. The minimum Gasteiger partial charge on any atom is -0.486 e. The molecule has 0 saturated carbocycles. The van der Waals surface area contributed by atoms with Crippen molar-refractivity contribution in [2.45, 2.75) is 13.3 Å². The molecule has 1 aliphatic heterocycles. The molecule has 2 aromatic rings. The van der Waals surface area contributed by atoms with Gasteiger partial charge in [-0.15, -0.1) is 0 Å². The molecule has 0 radical (unpaired) electrons. The van der Waals surface area contributed by atoms with E-state index >= 15 is 0 Å². The molecular weight excluding hydrogens is 388 g/mol. The molecule has 8 nitrogen and oxygen atoms in total. The van der Waals surface area contributed by atoms with Crippen molar-refractivity contribution >= 4 is 23.5 Å². The number of anilines is 1. The van der Waals surface area contributed by atoms with Gasteiger partial charge < -0.3 is 24.4 Å². The van der Waals surface area contributed by atoms with E-state index in [1.165, 1.54) is 18.0 Å². The Morgan fingerprint density at radius 3 is 2.57 bits per heavy atom. The average Bonchev–Trinajstić information content (AvgIpc) is 2.77. The lowest BCUT2D eigenvalue weighted by Crippen LogP contribution is -2.37. The van der Waals surface area contributed by atoms with Gasteiger partial charge in [0.25, 0.3) is 5.91 Å². The van der Waals surface area contributed by atoms with Crippen LogP contribution in [0, 0.1) is 0 Å². The number of nitrogens with zero attached hydrogens (tertiary/aromatic N) is 1. The van der Waals surface area contributed by atoms with Gasteiger partial charge in [0.2, 0.25) is 5.91 Å². The Labute approximate surface area is 174 Å². The van der Waals surface area contributed by atoms with Gasteiger partial charge in [0.1, 0.15) is 13.2 Å². The number of likely N-dealkylation sites (N-methyl/N-ethyl adjacent to an activating group) is 1. The maximum absolute atomic E-state index is 12.3. The Hall–Kier alpha value is -3.55. The highest BCUT2D eigenvalue weighted by Crippen LogP contribution is 2.30. The van der Waals surface area contributed by atoms with E-state index in [4.69, 9.17) is 14.2 Å². The van der Waals surface area contributed by atoms with E-state index in [0.29, 0.717) is 24.7 Å². The molecule has 0 aliphatic carbocycles. The van der Waals surface area contributed by atoms with Crippen LogP contribution in [0.15, 0.2) is 42.5 Å². The third-order valence-corrected chi connectivity index (χ3v) is 4.58. The van der Waals surface area contributed by atoms with Gasteiger partial charge in [-0.1, -0.05) is 25.1 Å². The SMILES string of the molecule is CCc1ccccc1NC(=O)CN(C)C(=O)COC(=O)c1ccc2c(c1)OCCO2. The second kappa shape index (κ2) is 9.78. The first-order valence-electron chi connectivity index (χ1n) is 9.66. The first-order chi connectivity index (χ1) is 14.5. The van der Waals surface area contributed by atoms with Crippen LogP contribution in [0.2, 0.25) is 0 Å². The molecule has 0 fully saturated rings. The van der Waals surface area contributed by atoms with Crippen molar-refractivity contribution in [3.63, 3.8) is 0 Å². The largest absolute Gasteiger partial charge is 0.486 e. The van der Waals surface area contributed by atoms with Gasteiger partial charge in [-0.2, -0.15) is 0 Å². The normalized spacial score (nSPS) is 12.1. The summed E-state index contributed by atoms with van der Waals surface area (Å²) >= 11 is 0. The number of aryl methyl sites for hydroxylation is 1. The summed E-state index contributed by atoms with van der Waals surface area (Å²) in [5, 5.41) is 2.80. The van der Waals surface area contributed by atoms with Crippen molar-refractivity contribution in [2.75, 3.05) is 38.7 Å². The fraction of sp³-hybridized carbons (Fsp3) is 0.318. The van der Waals surface area contributed by atoms with E-state index in [1.807, 2.05) is 31.2 Å². The molecule has 1 aliphatic rings. The van der Waals surface area contributed by atoms with Crippen LogP contribution in [0.3, 0.4) is 0 Å². The van der Waals surface area contributed by atoms with E-state index in [1.54, 1.807) is 12.1 Å². The smallest absolute Gasteiger partial charge is 0.338 e. The van der Waals surface area contributed by atoms with Crippen molar-refractivity contribution in [1.82, 2.24) is 4.90 Å². The molecular formula is C22H24N2O6. The lowest BCUT2D eigenvalue weighted by molar-refractivity contribution is -0.136. The third-order valence-electron chi connectivity index (χ3n) is 4.58. The summed E-state index contributed by atoms with van der Waals surface area (Å²) in [4.78, 5) is 37.9. The summed E-state index contributed by atoms with van der Waals surface area (Å²) in [5.41, 5.74) is 1.98. The Kier molecular flexibility index (Phi) is 6.90. The first kappa shape index (κ1) is 21.2. The molecule has 158 valence electrons. The minimum atomic E-state index is -0.657. The number of rotatable bonds is 7. The van der Waals surface area contributed by atoms with Crippen molar-refractivity contribution in [3.8, 4) is 11.5 Å². The molecule has 0 spiro atoms. The van der Waals surface area contributed by atoms with Crippen molar-refractivity contribution < 1.29 is 28.6 Å². The Bertz CT molecular complexity index is 943. The number of fused-ring (bicyclic) bond motifs is 1. The van der Waals surface area contributed by atoms with Gasteiger partial charge in [0, 0.05) is 12.7 Å². The summed E-state index contributed by atoms with van der Waals surface area (Å²) in [6.07, 6.45) is 0.779. The molecule has 1 heterocycles. The lowest BCUT2D eigenvalue weighted by atomic mass is 10.1. The van der Waals surface area contributed by atoms with E-state index in [2.05, 4.69) is 5.32 Å². The number of ether oxygens (including phenoxy) is 3. The number of carbonyl (C=O) groups is 3. The third kappa shape index (κ3) is 5.28. The molecule has 1 N–H and O–H groups in total. The predicted octanol–water partition coefficient (Wildman–Crippen LogP) is 2.27. The number of amides is 2. The average molecular weight is 412 g/mol. The summed E-state index contributed by atoms with van der Waals surface area (Å²) in [7, 11) is 1.48. The predicted molar refractivity (Wildman–Crippen MR) is 110 cm³/mol. The highest BCUT2D eigenvalue weighted by Gasteiger charge is 2.19. The van der Waals surface area contributed by atoms with Crippen LogP contribution in [0.4, 0.5) is 5.69 Å². The van der Waals surface area contributed by atoms with Crippen LogP contribution in [0.5, 0.6) is 11.5 Å². The molecule has 8 heteroatoms. The number of esters is 1. The highest BCUT2D eigenvalue weighted by molar-refractivity contribution is 5.96. The minimum absolute atomic E-state index is 0.154. The molecule has 0 unspecified atom stereocenters. The van der Waals surface area contributed by atoms with Crippen molar-refractivity contribution in [1.29, 1.82) is 0 Å². The molecule has 0 saturated heterocycles. The zero-order valence-corrected chi connectivity index (χ0v) is 17.0. The van der Waals surface area contributed by atoms with E-state index in [0.717, 1.165) is 17.7 Å². The lowest BCUT2D eigenvalue weighted by Gasteiger charge is -2.19.